The third kappa shape index (κ3) is 4.98. The molecule has 0 saturated heterocycles. The van der Waals surface area contributed by atoms with Crippen LogP contribution in [0, 0.1) is 0 Å². The first-order valence-electron chi connectivity index (χ1n) is 2.26. The summed E-state index contributed by atoms with van der Waals surface area (Å²) < 4.78 is 4.19. The zero-order chi connectivity index (χ0) is 8.85. The molecule has 0 spiro atoms. The van der Waals surface area contributed by atoms with E-state index in [0.29, 0.717) is 0 Å². The van der Waals surface area contributed by atoms with Crippen molar-refractivity contribution in [2.45, 2.75) is 10.4 Å². The molecule has 0 aliphatic heterocycles. The number of azide groups is 1. The summed E-state index contributed by atoms with van der Waals surface area (Å²) in [6.45, 7) is 0. The summed E-state index contributed by atoms with van der Waals surface area (Å²) in [5.74, 6) is 0. The molecule has 0 bridgehead atoms. The van der Waals surface area contributed by atoms with Crippen LogP contribution in [0.5, 0.6) is 0 Å². The minimum Gasteiger partial charge on any atom is -0.438 e. The van der Waals surface area contributed by atoms with Crippen LogP contribution in [-0.2, 0) is 4.74 Å². The Bertz CT molecular complexity index is 190. The van der Waals surface area contributed by atoms with Crippen LogP contribution in [-0.4, -0.2) is 16.5 Å². The molecule has 0 aromatic carbocycles. The lowest BCUT2D eigenvalue weighted by Crippen LogP contribution is -2.15. The lowest BCUT2D eigenvalue weighted by atomic mass is 10.8. The van der Waals surface area contributed by atoms with E-state index in [1.807, 2.05) is 0 Å². The first-order chi connectivity index (χ1) is 5.07. The Morgan fingerprint density at radius 2 is 2.09 bits per heavy atom. The van der Waals surface area contributed by atoms with Crippen LogP contribution in [0.1, 0.15) is 0 Å². The van der Waals surface area contributed by atoms with Crippen molar-refractivity contribution in [2.75, 3.05) is 0 Å². The maximum Gasteiger partial charge on any atom is 0.398 e. The van der Waals surface area contributed by atoms with Gasteiger partial charge in [-0.3, -0.25) is 0 Å². The van der Waals surface area contributed by atoms with E-state index >= 15 is 0 Å². The number of alkyl halides is 3. The lowest BCUT2D eigenvalue weighted by Gasteiger charge is -2.08. The van der Waals surface area contributed by atoms with E-state index in [2.05, 4.69) is 14.8 Å². The van der Waals surface area contributed by atoms with Gasteiger partial charge in [0.25, 0.3) is 0 Å². The third-order valence-corrected chi connectivity index (χ3v) is 1.59. The fourth-order valence-corrected chi connectivity index (χ4v) is 0.387. The van der Waals surface area contributed by atoms with Gasteiger partial charge in [-0.15, -0.1) is 0 Å². The van der Waals surface area contributed by atoms with Crippen LogP contribution in [0.3, 0.4) is 0 Å². The molecule has 0 aromatic heterocycles. The SMILES string of the molecule is [N-]=[N+]=NC(=O)OC(Cl)C(Cl)Cl. The van der Waals surface area contributed by atoms with Gasteiger partial charge in [0.1, 0.15) is 0 Å². The van der Waals surface area contributed by atoms with E-state index in [1.54, 1.807) is 0 Å². The molecular weight excluding hydrogens is 216 g/mol. The van der Waals surface area contributed by atoms with Gasteiger partial charge in [-0.25, -0.2) is 4.79 Å². The molecule has 0 radical (unpaired) electrons. The Labute approximate surface area is 76.8 Å². The number of amides is 1. The highest BCUT2D eigenvalue weighted by Gasteiger charge is 2.17. The van der Waals surface area contributed by atoms with Crippen LogP contribution in [0.25, 0.3) is 10.4 Å². The van der Waals surface area contributed by atoms with Crippen molar-refractivity contribution >= 4 is 40.9 Å². The van der Waals surface area contributed by atoms with Crippen molar-refractivity contribution in [3.8, 4) is 0 Å². The number of hydrogen-bond donors (Lipinski definition) is 0. The smallest absolute Gasteiger partial charge is 0.398 e. The normalized spacial score (nSPS) is 12.0. The van der Waals surface area contributed by atoms with E-state index in [-0.39, 0.29) is 0 Å². The number of hydrogen-bond acceptors (Lipinski definition) is 2. The highest BCUT2D eigenvalue weighted by molar-refractivity contribution is 6.48. The topological polar surface area (TPSA) is 75.1 Å². The molecule has 1 amide bonds. The van der Waals surface area contributed by atoms with E-state index in [9.17, 15) is 4.79 Å². The van der Waals surface area contributed by atoms with Crippen LogP contribution >= 0.6 is 34.8 Å². The number of ether oxygens (including phenoxy) is 1. The summed E-state index contributed by atoms with van der Waals surface area (Å²) in [5.41, 5.74) is 6.52. The Morgan fingerprint density at radius 3 is 2.45 bits per heavy atom. The number of nitrogens with zero attached hydrogens (tertiary/aromatic N) is 3. The van der Waals surface area contributed by atoms with Gasteiger partial charge in [-0.05, 0) is 5.53 Å². The summed E-state index contributed by atoms with van der Waals surface area (Å²) in [7, 11) is 0. The van der Waals surface area contributed by atoms with Gasteiger partial charge >= 0.3 is 6.09 Å². The van der Waals surface area contributed by atoms with Gasteiger partial charge in [-0.2, -0.15) is 0 Å². The predicted molar refractivity (Wildman–Crippen MR) is 40.8 cm³/mol. The summed E-state index contributed by atoms with van der Waals surface area (Å²) in [5, 5.41) is 2.56. The molecule has 0 N–H and O–H groups in total. The minimum absolute atomic E-state index is 1.06. The zero-order valence-corrected chi connectivity index (χ0v) is 7.21. The van der Waals surface area contributed by atoms with Crippen LogP contribution in [0.2, 0.25) is 0 Å². The number of carbonyl (C=O) groups is 1. The Kier molecular flexibility index (Phi) is 5.15. The second-order valence-corrected chi connectivity index (χ2v) is 2.85. The largest absolute Gasteiger partial charge is 0.438 e. The summed E-state index contributed by atoms with van der Waals surface area (Å²) in [6, 6.07) is 0. The van der Waals surface area contributed by atoms with Crippen molar-refractivity contribution in [3.05, 3.63) is 10.4 Å². The molecule has 8 heteroatoms. The van der Waals surface area contributed by atoms with Gasteiger partial charge in [0.05, 0.1) is 0 Å². The number of rotatable bonds is 2. The molecule has 0 heterocycles. The first kappa shape index (κ1) is 10.7. The number of halogens is 3. The van der Waals surface area contributed by atoms with Crippen LogP contribution < -0.4 is 0 Å². The van der Waals surface area contributed by atoms with Crippen LogP contribution in [0.15, 0.2) is 5.11 Å². The highest BCUT2D eigenvalue weighted by Crippen LogP contribution is 2.15. The molecular formula is C3H2Cl3N3O2. The van der Waals surface area contributed by atoms with Crippen molar-refractivity contribution in [1.29, 1.82) is 0 Å². The van der Waals surface area contributed by atoms with E-state index in [0.717, 1.165) is 0 Å². The maximum atomic E-state index is 10.3. The van der Waals surface area contributed by atoms with Crippen molar-refractivity contribution in [1.82, 2.24) is 0 Å². The molecule has 5 nitrogen and oxygen atoms in total. The summed E-state index contributed by atoms with van der Waals surface area (Å²) in [6.07, 6.45) is -1.17. The lowest BCUT2D eigenvalue weighted by molar-refractivity contribution is 0.147. The minimum atomic E-state index is -1.21. The quantitative estimate of drug-likeness (QED) is 0.309. The van der Waals surface area contributed by atoms with E-state index in [1.165, 1.54) is 0 Å². The average Bonchev–Trinajstić information content (AvgIpc) is 1.87. The second-order valence-electron chi connectivity index (χ2n) is 1.26. The fraction of sp³-hybridized carbons (Fsp3) is 0.667. The first-order valence-corrected chi connectivity index (χ1v) is 3.56. The fourth-order valence-electron chi connectivity index (χ4n) is 0.208. The van der Waals surface area contributed by atoms with E-state index < -0.39 is 16.5 Å². The maximum absolute atomic E-state index is 10.3. The Balaban J connectivity index is 3.84. The molecule has 0 fully saturated rings. The molecule has 11 heavy (non-hydrogen) atoms. The Hall–Kier alpha value is -0.350. The standard InChI is InChI=1S/C3H2Cl3N3O2/c4-1(5)2(6)11-3(10)8-9-7/h1-2H. The molecule has 0 aliphatic rings. The summed E-state index contributed by atoms with van der Waals surface area (Å²) >= 11 is 15.6. The molecule has 1 atom stereocenters. The third-order valence-electron chi connectivity index (χ3n) is 0.538. The monoisotopic (exact) mass is 217 g/mol. The van der Waals surface area contributed by atoms with Gasteiger partial charge in [-0.1, -0.05) is 34.8 Å². The van der Waals surface area contributed by atoms with E-state index in [4.69, 9.17) is 40.3 Å². The zero-order valence-electron chi connectivity index (χ0n) is 4.95. The van der Waals surface area contributed by atoms with Gasteiger partial charge < -0.3 is 4.74 Å². The van der Waals surface area contributed by atoms with Crippen molar-refractivity contribution in [3.63, 3.8) is 0 Å². The molecule has 1 unspecified atom stereocenters. The van der Waals surface area contributed by atoms with Gasteiger partial charge in [0, 0.05) is 10.0 Å². The molecule has 0 saturated carbocycles. The van der Waals surface area contributed by atoms with Crippen LogP contribution in [0.4, 0.5) is 4.79 Å². The number of carbonyl (C=O) groups excluding carboxylic acids is 1. The van der Waals surface area contributed by atoms with Gasteiger partial charge in [0.15, 0.2) is 4.84 Å². The van der Waals surface area contributed by atoms with Gasteiger partial charge in [0.2, 0.25) is 5.56 Å². The second kappa shape index (κ2) is 5.32. The summed E-state index contributed by atoms with van der Waals surface area (Å²) in [4.78, 5) is 11.4. The Morgan fingerprint density at radius 1 is 1.55 bits per heavy atom. The molecule has 0 aliphatic carbocycles. The molecule has 0 rings (SSSR count). The predicted octanol–water partition coefficient (Wildman–Crippen LogP) is 2.80. The molecule has 0 aromatic rings. The highest BCUT2D eigenvalue weighted by atomic mass is 35.5. The molecule has 62 valence electrons. The van der Waals surface area contributed by atoms with Crippen molar-refractivity contribution < 1.29 is 9.53 Å². The average molecular weight is 218 g/mol. The van der Waals surface area contributed by atoms with Crippen molar-refractivity contribution in [2.24, 2.45) is 5.11 Å².